The second kappa shape index (κ2) is 6.87. The van der Waals surface area contributed by atoms with Crippen molar-refractivity contribution in [3.05, 3.63) is 77.4 Å². The van der Waals surface area contributed by atoms with Crippen LogP contribution in [-0.4, -0.2) is 16.1 Å². The lowest BCUT2D eigenvalue weighted by Crippen LogP contribution is -2.11. The van der Waals surface area contributed by atoms with Gasteiger partial charge in [0.05, 0.1) is 6.42 Å². The van der Waals surface area contributed by atoms with Gasteiger partial charge >= 0.3 is 5.97 Å². The van der Waals surface area contributed by atoms with Crippen LogP contribution < -0.4 is 4.74 Å². The Hall–Kier alpha value is -2.95. The van der Waals surface area contributed by atoms with E-state index in [-0.39, 0.29) is 12.4 Å². The molecule has 0 saturated heterocycles. The molecule has 0 aliphatic carbocycles. The van der Waals surface area contributed by atoms with Gasteiger partial charge < -0.3 is 9.26 Å². The van der Waals surface area contributed by atoms with Gasteiger partial charge in [0.2, 0.25) is 5.89 Å². The Kier molecular flexibility index (Phi) is 4.47. The van der Waals surface area contributed by atoms with E-state index < -0.39 is 0 Å². The van der Waals surface area contributed by atoms with Crippen LogP contribution in [0.1, 0.15) is 22.8 Å². The van der Waals surface area contributed by atoms with Crippen LogP contribution in [-0.2, 0) is 17.6 Å². The number of hydrogen-bond donors (Lipinski definition) is 0. The molecule has 0 N–H and O–H groups in total. The summed E-state index contributed by atoms with van der Waals surface area (Å²) in [6.07, 6.45) is 0.836. The molecule has 0 atom stereocenters. The lowest BCUT2D eigenvalue weighted by atomic mass is 10.1. The normalized spacial score (nSPS) is 10.5. The highest BCUT2D eigenvalue weighted by Crippen LogP contribution is 2.12. The maximum atomic E-state index is 11.9. The minimum atomic E-state index is -0.280. The summed E-state index contributed by atoms with van der Waals surface area (Å²) in [7, 11) is 0. The third-order valence-corrected chi connectivity index (χ3v) is 3.28. The van der Waals surface area contributed by atoms with Gasteiger partial charge in [-0.2, -0.15) is 4.98 Å². The van der Waals surface area contributed by atoms with Crippen LogP contribution in [0.4, 0.5) is 0 Å². The Morgan fingerprint density at radius 1 is 1.04 bits per heavy atom. The summed E-state index contributed by atoms with van der Waals surface area (Å²) in [6.45, 7) is 1.76. The lowest BCUT2D eigenvalue weighted by molar-refractivity contribution is -0.133. The fourth-order valence-electron chi connectivity index (χ4n) is 2.19. The van der Waals surface area contributed by atoms with E-state index in [4.69, 9.17) is 9.26 Å². The summed E-state index contributed by atoms with van der Waals surface area (Å²) >= 11 is 0. The van der Waals surface area contributed by atoms with E-state index in [1.54, 1.807) is 19.1 Å². The Morgan fingerprint density at radius 3 is 2.39 bits per heavy atom. The molecule has 23 heavy (non-hydrogen) atoms. The lowest BCUT2D eigenvalue weighted by Gasteiger charge is -2.05. The number of carbonyl (C=O) groups excluding carboxylic acids is 1. The number of benzene rings is 2. The molecule has 5 heteroatoms. The number of nitrogens with zero attached hydrogens (tertiary/aromatic N) is 2. The van der Waals surface area contributed by atoms with Gasteiger partial charge in [0, 0.05) is 13.3 Å². The molecule has 1 heterocycles. The number of carbonyl (C=O) groups is 1. The van der Waals surface area contributed by atoms with Gasteiger partial charge in [-0.3, -0.25) is 4.79 Å². The summed E-state index contributed by atoms with van der Waals surface area (Å²) in [5.41, 5.74) is 1.96. The van der Waals surface area contributed by atoms with Crippen LogP contribution in [0, 0.1) is 6.92 Å². The molecule has 0 spiro atoms. The molecule has 116 valence electrons. The second-order valence-electron chi connectivity index (χ2n) is 5.19. The highest BCUT2D eigenvalue weighted by Gasteiger charge is 2.08. The molecule has 0 aliphatic rings. The molecule has 0 unspecified atom stereocenters. The molecule has 1 aromatic heterocycles. The average molecular weight is 308 g/mol. The van der Waals surface area contributed by atoms with E-state index in [9.17, 15) is 4.79 Å². The quantitative estimate of drug-likeness (QED) is 0.535. The Labute approximate surface area is 133 Å². The average Bonchev–Trinajstić information content (AvgIpc) is 2.95. The zero-order chi connectivity index (χ0) is 16.1. The largest absolute Gasteiger partial charge is 0.426 e. The number of para-hydroxylation sites is 1. The zero-order valence-electron chi connectivity index (χ0n) is 12.7. The molecule has 0 radical (unpaired) electrons. The third kappa shape index (κ3) is 4.26. The second-order valence-corrected chi connectivity index (χ2v) is 5.19. The van der Waals surface area contributed by atoms with Gasteiger partial charge in [0.25, 0.3) is 0 Å². The molecular formula is C18H16N2O3. The van der Waals surface area contributed by atoms with Crippen LogP contribution in [0.15, 0.2) is 59.1 Å². The van der Waals surface area contributed by atoms with Crippen LogP contribution in [0.2, 0.25) is 0 Å². The first kappa shape index (κ1) is 15.0. The first-order valence-corrected chi connectivity index (χ1v) is 7.32. The SMILES string of the molecule is Cc1nc(Cc2ccc(CC(=O)Oc3ccccc3)cc2)no1. The first-order chi connectivity index (χ1) is 11.2. The van der Waals surface area contributed by atoms with Crippen molar-refractivity contribution in [2.75, 3.05) is 0 Å². The predicted molar refractivity (Wildman–Crippen MR) is 84.1 cm³/mol. The Balaban J connectivity index is 1.57. The molecule has 3 rings (SSSR count). The van der Waals surface area contributed by atoms with E-state index in [0.717, 1.165) is 11.1 Å². The molecule has 2 aromatic carbocycles. The summed E-state index contributed by atoms with van der Waals surface area (Å²) in [6, 6.07) is 16.8. The van der Waals surface area contributed by atoms with Crippen molar-refractivity contribution in [2.45, 2.75) is 19.8 Å². The van der Waals surface area contributed by atoms with Gasteiger partial charge in [-0.25, -0.2) is 0 Å². The standard InChI is InChI=1S/C18H16N2O3/c1-13-19-17(20-23-13)11-14-7-9-15(10-8-14)12-18(21)22-16-5-3-2-4-6-16/h2-10H,11-12H2,1H3. The van der Waals surface area contributed by atoms with Gasteiger partial charge in [-0.05, 0) is 23.3 Å². The fourth-order valence-corrected chi connectivity index (χ4v) is 2.19. The monoisotopic (exact) mass is 308 g/mol. The molecule has 0 fully saturated rings. The number of esters is 1. The van der Waals surface area contributed by atoms with Crippen molar-refractivity contribution in [1.29, 1.82) is 0 Å². The minimum Gasteiger partial charge on any atom is -0.426 e. The highest BCUT2D eigenvalue weighted by atomic mass is 16.5. The van der Waals surface area contributed by atoms with E-state index in [0.29, 0.717) is 23.9 Å². The van der Waals surface area contributed by atoms with Crippen LogP contribution in [0.25, 0.3) is 0 Å². The molecule has 0 saturated carbocycles. The van der Waals surface area contributed by atoms with E-state index >= 15 is 0 Å². The van der Waals surface area contributed by atoms with E-state index in [1.807, 2.05) is 42.5 Å². The Morgan fingerprint density at radius 2 is 1.74 bits per heavy atom. The minimum absolute atomic E-state index is 0.233. The molecule has 0 bridgehead atoms. The van der Waals surface area contributed by atoms with Crippen molar-refractivity contribution < 1.29 is 14.1 Å². The smallest absolute Gasteiger partial charge is 0.315 e. The van der Waals surface area contributed by atoms with Crippen molar-refractivity contribution >= 4 is 5.97 Å². The van der Waals surface area contributed by atoms with Crippen molar-refractivity contribution in [3.63, 3.8) is 0 Å². The van der Waals surface area contributed by atoms with Crippen LogP contribution >= 0.6 is 0 Å². The highest BCUT2D eigenvalue weighted by molar-refractivity contribution is 5.75. The molecule has 3 aromatic rings. The summed E-state index contributed by atoms with van der Waals surface area (Å²) in [5, 5.41) is 3.87. The zero-order valence-corrected chi connectivity index (χ0v) is 12.7. The topological polar surface area (TPSA) is 65.2 Å². The number of aromatic nitrogens is 2. The van der Waals surface area contributed by atoms with Crippen molar-refractivity contribution in [1.82, 2.24) is 10.1 Å². The molecule has 0 aliphatic heterocycles. The first-order valence-electron chi connectivity index (χ1n) is 7.32. The van der Waals surface area contributed by atoms with Gasteiger partial charge in [0.1, 0.15) is 5.75 Å². The number of rotatable bonds is 5. The Bertz CT molecular complexity index is 780. The van der Waals surface area contributed by atoms with Crippen LogP contribution in [0.5, 0.6) is 5.75 Å². The van der Waals surface area contributed by atoms with Crippen LogP contribution in [0.3, 0.4) is 0 Å². The van der Waals surface area contributed by atoms with E-state index in [2.05, 4.69) is 10.1 Å². The maximum absolute atomic E-state index is 11.9. The maximum Gasteiger partial charge on any atom is 0.315 e. The molecule has 5 nitrogen and oxygen atoms in total. The number of aryl methyl sites for hydroxylation is 1. The predicted octanol–water partition coefficient (Wildman–Crippen LogP) is 3.12. The fraction of sp³-hybridized carbons (Fsp3) is 0.167. The summed E-state index contributed by atoms with van der Waals surface area (Å²) in [4.78, 5) is 16.1. The number of hydrogen-bond acceptors (Lipinski definition) is 5. The molecular weight excluding hydrogens is 292 g/mol. The van der Waals surface area contributed by atoms with Crippen molar-refractivity contribution in [3.8, 4) is 5.75 Å². The summed E-state index contributed by atoms with van der Waals surface area (Å²) < 4.78 is 10.2. The number of ether oxygens (including phenoxy) is 1. The van der Waals surface area contributed by atoms with Gasteiger partial charge in [0.15, 0.2) is 5.82 Å². The third-order valence-electron chi connectivity index (χ3n) is 3.28. The summed E-state index contributed by atoms with van der Waals surface area (Å²) in [5.74, 6) is 1.48. The molecule has 0 amide bonds. The van der Waals surface area contributed by atoms with E-state index in [1.165, 1.54) is 0 Å². The van der Waals surface area contributed by atoms with Gasteiger partial charge in [-0.1, -0.05) is 47.6 Å². The van der Waals surface area contributed by atoms with Crippen molar-refractivity contribution in [2.24, 2.45) is 0 Å². The van der Waals surface area contributed by atoms with Gasteiger partial charge in [-0.15, -0.1) is 0 Å².